The lowest BCUT2D eigenvalue weighted by Crippen LogP contribution is -1.97. The summed E-state index contributed by atoms with van der Waals surface area (Å²) in [6.07, 6.45) is 42.1. The average molecular weight is 608 g/mol. The Balaban J connectivity index is -0.0000000774. The van der Waals surface area contributed by atoms with Gasteiger partial charge in [-0.05, 0) is 38.8 Å². The third-order valence-corrected chi connectivity index (χ3v) is 7.99. The summed E-state index contributed by atoms with van der Waals surface area (Å²) in [6.45, 7) is 1.74. The Morgan fingerprint density at radius 3 is 0.667 bits per heavy atom. The van der Waals surface area contributed by atoms with Crippen LogP contribution >= 0.6 is 0 Å². The van der Waals surface area contributed by atoms with Crippen LogP contribution in [0.15, 0.2) is 0 Å². The van der Waals surface area contributed by atoms with Gasteiger partial charge >= 0.3 is 0 Å². The fraction of sp³-hybridized carbons (Fsp3) is 0.944. The standard InChI is InChI=1S/C18H40N2.C18H32N2.H3N.H2O.5H2/c2*19-17-15-13-11-9-7-5-3-1-2-4-6-8-10-12-14-16-18-20;;;;;;;/h1-20H2;1-16H2;1H3;1H2;5*1H/i/hD2. The van der Waals surface area contributed by atoms with Crippen molar-refractivity contribution in [3.05, 3.63) is 0 Å². The number of nitrogens with zero attached hydrogens (tertiary/aromatic N) is 2. The average Bonchev–Trinajstić information content (AvgIpc) is 3.01. The molecule has 42 heavy (non-hydrogen) atoms. The van der Waals surface area contributed by atoms with Gasteiger partial charge in [-0.1, -0.05) is 167 Å². The second kappa shape index (κ2) is 49.5. The molecule has 9 N–H and O–H groups in total. The third kappa shape index (κ3) is 51.5. The Labute approximate surface area is 274 Å². The summed E-state index contributed by atoms with van der Waals surface area (Å²) in [7, 11) is 0. The summed E-state index contributed by atoms with van der Waals surface area (Å²) < 4.78 is 10.8. The minimum atomic E-state index is 0. The highest BCUT2D eigenvalue weighted by Gasteiger charge is 1.96. The second-order valence-corrected chi connectivity index (χ2v) is 12.0. The van der Waals surface area contributed by atoms with E-state index in [1.807, 2.05) is 0 Å². The highest BCUT2D eigenvalue weighted by atomic mass is 16.0. The number of hydrogen-bond acceptors (Lipinski definition) is 5. The van der Waals surface area contributed by atoms with Crippen molar-refractivity contribution in [2.45, 2.75) is 205 Å². The van der Waals surface area contributed by atoms with E-state index in [-0.39, 0.29) is 13.3 Å². The first-order chi connectivity index (χ1) is 21.2. The lowest BCUT2D eigenvalue weighted by Gasteiger charge is -2.03. The molecule has 0 aromatic rings. The Kier molecular flexibility index (Phi) is 50.6. The maximum absolute atomic E-state index is 8.42. The van der Waals surface area contributed by atoms with Crippen LogP contribution in [0, 0.1) is 22.7 Å². The molecule has 0 saturated heterocycles. The van der Waals surface area contributed by atoms with Gasteiger partial charge < -0.3 is 23.1 Å². The predicted molar refractivity (Wildman–Crippen MR) is 196 cm³/mol. The Hall–Kier alpha value is -1.18. The van der Waals surface area contributed by atoms with Gasteiger partial charge in [-0.15, -0.1) is 0 Å². The SMILES string of the molecule is N.N#CCCCCCCCCCCCCCCCCC#N.NCCCCCCCCCCCCCCCCCCN.[2H]O[2H].[HH].[HH].[HH].[HH].[HH]. The van der Waals surface area contributed by atoms with Crippen molar-refractivity contribution >= 4 is 0 Å². The summed E-state index contributed by atoms with van der Waals surface area (Å²) in [5, 5.41) is 16.8. The molecule has 0 aromatic carbocycles. The second-order valence-electron chi connectivity index (χ2n) is 12.0. The minimum absolute atomic E-state index is 0. The zero-order valence-electron chi connectivity index (χ0n) is 30.2. The first kappa shape index (κ1) is 43.0. The fourth-order valence-corrected chi connectivity index (χ4v) is 5.29. The van der Waals surface area contributed by atoms with Gasteiger partial charge in [0.15, 0.2) is 0 Å². The van der Waals surface area contributed by atoms with Crippen LogP contribution in [-0.2, 0) is 0 Å². The van der Waals surface area contributed by atoms with E-state index in [1.165, 1.54) is 180 Å². The van der Waals surface area contributed by atoms with Crippen molar-refractivity contribution in [2.24, 2.45) is 11.5 Å². The highest BCUT2D eigenvalue weighted by molar-refractivity contribution is 4.68. The van der Waals surface area contributed by atoms with Crippen LogP contribution in [0.5, 0.6) is 0 Å². The van der Waals surface area contributed by atoms with Crippen molar-refractivity contribution in [3.8, 4) is 12.1 Å². The molecular formula is C36H87N5O. The maximum Gasteiger partial charge on any atom is 0.206 e. The molecule has 0 aliphatic carbocycles. The number of nitrogens with two attached hydrogens (primary N) is 2. The molecule has 0 aliphatic rings. The molecule has 0 unspecified atom stereocenters. The first-order valence-corrected chi connectivity index (χ1v) is 18.0. The third-order valence-electron chi connectivity index (χ3n) is 7.99. The summed E-state index contributed by atoms with van der Waals surface area (Å²) >= 11 is 0. The topological polar surface area (TPSA) is 166 Å². The van der Waals surface area contributed by atoms with E-state index < -0.39 is 0 Å². The molecule has 0 fully saturated rings. The molecule has 0 heterocycles. The van der Waals surface area contributed by atoms with Gasteiger partial charge in [-0.2, -0.15) is 10.5 Å². The molecule has 0 spiro atoms. The summed E-state index contributed by atoms with van der Waals surface area (Å²) in [4.78, 5) is 0. The van der Waals surface area contributed by atoms with Crippen molar-refractivity contribution < 1.29 is 12.6 Å². The van der Waals surface area contributed by atoms with Crippen LogP contribution in [-0.4, -0.2) is 21.4 Å². The molecule has 6 nitrogen and oxygen atoms in total. The van der Waals surface area contributed by atoms with Gasteiger partial charge in [0, 0.05) is 20.0 Å². The normalized spacial score (nSPS) is 10.6. The maximum atomic E-state index is 8.42. The van der Waals surface area contributed by atoms with E-state index in [4.69, 9.17) is 24.9 Å². The van der Waals surface area contributed by atoms with Gasteiger partial charge in [0.05, 0.1) is 12.1 Å². The monoisotopic (exact) mass is 608 g/mol. The lowest BCUT2D eigenvalue weighted by molar-refractivity contribution is 0.529. The van der Waals surface area contributed by atoms with Crippen LogP contribution in [0.4, 0.5) is 0 Å². The molecule has 0 saturated carbocycles. The quantitative estimate of drug-likeness (QED) is 0.0645. The number of rotatable bonds is 32. The molecule has 0 radical (unpaired) electrons. The molecule has 0 aliphatic heterocycles. The smallest absolute Gasteiger partial charge is 0.206 e. The Morgan fingerprint density at radius 2 is 0.524 bits per heavy atom. The van der Waals surface area contributed by atoms with Crippen molar-refractivity contribution in [3.63, 3.8) is 0 Å². The van der Waals surface area contributed by atoms with Crippen LogP contribution in [0.3, 0.4) is 0 Å². The van der Waals surface area contributed by atoms with Gasteiger partial charge in [0.1, 0.15) is 0 Å². The van der Waals surface area contributed by atoms with Crippen LogP contribution in [0.1, 0.15) is 213 Å². The zero-order valence-corrected chi connectivity index (χ0v) is 28.2. The molecule has 0 atom stereocenters. The van der Waals surface area contributed by atoms with Crippen LogP contribution in [0.2, 0.25) is 0 Å². The molecule has 0 aromatic heterocycles. The van der Waals surface area contributed by atoms with Crippen LogP contribution in [0.25, 0.3) is 0 Å². The Morgan fingerprint density at radius 1 is 0.381 bits per heavy atom. The van der Waals surface area contributed by atoms with E-state index in [2.05, 4.69) is 17.6 Å². The van der Waals surface area contributed by atoms with Gasteiger partial charge in [0.25, 0.3) is 0 Å². The minimum Gasteiger partial charge on any atom is -0.412 e. The summed E-state index contributed by atoms with van der Waals surface area (Å²) in [5.74, 6) is 0. The molecule has 262 valence electrons. The molecule has 6 heteroatoms. The first-order valence-electron chi connectivity index (χ1n) is 18.8. The largest absolute Gasteiger partial charge is 0.412 e. The lowest BCUT2D eigenvalue weighted by atomic mass is 10.0. The zero-order chi connectivity index (χ0) is 32.2. The molecular weight excluding hydrogens is 518 g/mol. The van der Waals surface area contributed by atoms with Crippen molar-refractivity contribution in [2.75, 3.05) is 13.1 Å². The predicted octanol–water partition coefficient (Wildman–Crippen LogP) is 12.0. The van der Waals surface area contributed by atoms with E-state index in [0.29, 0.717) is 0 Å². The van der Waals surface area contributed by atoms with Gasteiger partial charge in [-0.3, -0.25) is 0 Å². The van der Waals surface area contributed by atoms with E-state index in [0.717, 1.165) is 38.8 Å². The van der Waals surface area contributed by atoms with Crippen molar-refractivity contribution in [1.29, 1.82) is 13.4 Å². The molecule has 0 rings (SSSR count). The van der Waals surface area contributed by atoms with E-state index >= 15 is 0 Å². The van der Waals surface area contributed by atoms with Gasteiger partial charge in [0.2, 0.25) is 2.86 Å². The van der Waals surface area contributed by atoms with Crippen molar-refractivity contribution in [1.82, 2.24) is 6.15 Å². The molecule has 0 amide bonds. The molecule has 0 bridgehead atoms. The number of unbranched alkanes of at least 4 members (excludes halogenated alkanes) is 30. The highest BCUT2D eigenvalue weighted by Crippen LogP contribution is 2.15. The van der Waals surface area contributed by atoms with E-state index in [9.17, 15) is 0 Å². The van der Waals surface area contributed by atoms with Gasteiger partial charge in [-0.25, -0.2) is 0 Å². The van der Waals surface area contributed by atoms with E-state index in [1.54, 1.807) is 0 Å². The summed E-state index contributed by atoms with van der Waals surface area (Å²) in [6, 6.07) is 4.41. The Bertz CT molecular complexity index is 515. The van der Waals surface area contributed by atoms with Crippen LogP contribution < -0.4 is 17.6 Å². The fourth-order valence-electron chi connectivity index (χ4n) is 5.29. The number of hydrogen-bond donors (Lipinski definition) is 3. The summed E-state index contributed by atoms with van der Waals surface area (Å²) in [5.41, 5.74) is 13.7. The number of nitriles is 2.